The van der Waals surface area contributed by atoms with Gasteiger partial charge in [0.2, 0.25) is 5.91 Å². The number of allylic oxidation sites excluding steroid dienone is 1. The van der Waals surface area contributed by atoms with E-state index in [1.807, 2.05) is 55.6 Å². The van der Waals surface area contributed by atoms with E-state index in [1.165, 1.54) is 0 Å². The first-order valence-corrected chi connectivity index (χ1v) is 9.18. The minimum Gasteiger partial charge on any atom is -0.314 e. The van der Waals surface area contributed by atoms with Crippen LogP contribution in [0.5, 0.6) is 0 Å². The maximum Gasteiger partial charge on any atom is 0.242 e. The molecule has 1 amide bonds. The number of para-hydroxylation sites is 1. The van der Waals surface area contributed by atoms with Crippen LogP contribution in [0.2, 0.25) is 0 Å². The Labute approximate surface area is 152 Å². The fourth-order valence-electron chi connectivity index (χ4n) is 4.02. The largest absolute Gasteiger partial charge is 0.314 e. The summed E-state index contributed by atoms with van der Waals surface area (Å²) in [6, 6.07) is 22.3. The second-order valence-corrected chi connectivity index (χ2v) is 7.26. The molecule has 1 aromatic heterocycles. The van der Waals surface area contributed by atoms with Crippen LogP contribution in [0.15, 0.2) is 84.8 Å². The van der Waals surface area contributed by atoms with E-state index in [1.54, 1.807) is 16.2 Å². The number of thiophene rings is 1. The number of likely N-dealkylation sites (N-methyl/N-ethyl adjacent to an activating group) is 1. The van der Waals surface area contributed by atoms with Gasteiger partial charge in [-0.3, -0.25) is 4.79 Å². The quantitative estimate of drug-likeness (QED) is 0.611. The van der Waals surface area contributed by atoms with Crippen molar-refractivity contribution in [1.82, 2.24) is 0 Å². The summed E-state index contributed by atoms with van der Waals surface area (Å²) >= 11 is 1.67. The zero-order valence-electron chi connectivity index (χ0n) is 14.1. The Bertz CT molecular complexity index is 916. The Morgan fingerprint density at radius 3 is 2.44 bits per heavy atom. The lowest BCUT2D eigenvalue weighted by atomic mass is 9.66. The summed E-state index contributed by atoms with van der Waals surface area (Å²) in [4.78, 5) is 16.6. The van der Waals surface area contributed by atoms with Gasteiger partial charge in [-0.1, -0.05) is 60.7 Å². The van der Waals surface area contributed by atoms with Crippen molar-refractivity contribution in [1.29, 1.82) is 0 Å². The first-order valence-electron chi connectivity index (χ1n) is 8.30. The lowest BCUT2D eigenvalue weighted by Gasteiger charge is -2.35. The highest BCUT2D eigenvalue weighted by atomic mass is 32.1. The Balaban J connectivity index is 2.08. The minimum atomic E-state index is -0.779. The molecular formula is C22H19NOS. The fraction of sp³-hybridized carbons (Fsp3) is 0.136. The smallest absolute Gasteiger partial charge is 0.242 e. The Morgan fingerprint density at radius 1 is 1.04 bits per heavy atom. The number of fused-ring (bicyclic) bond motifs is 1. The minimum absolute atomic E-state index is 0.0956. The third-order valence-electron chi connectivity index (χ3n) is 5.11. The predicted molar refractivity (Wildman–Crippen MR) is 104 cm³/mol. The van der Waals surface area contributed by atoms with Crippen LogP contribution in [0.3, 0.4) is 0 Å². The molecule has 25 heavy (non-hydrogen) atoms. The highest BCUT2D eigenvalue weighted by Gasteiger charge is 2.55. The molecule has 2 nitrogen and oxygen atoms in total. The maximum atomic E-state index is 13.7. The summed E-state index contributed by atoms with van der Waals surface area (Å²) in [7, 11) is 1.86. The van der Waals surface area contributed by atoms with Crippen LogP contribution in [-0.4, -0.2) is 13.0 Å². The van der Waals surface area contributed by atoms with E-state index >= 15 is 0 Å². The first kappa shape index (κ1) is 15.9. The van der Waals surface area contributed by atoms with Gasteiger partial charge in [-0.15, -0.1) is 17.9 Å². The first-order chi connectivity index (χ1) is 12.2. The molecule has 2 heterocycles. The summed E-state index contributed by atoms with van der Waals surface area (Å²) in [5.74, 6) is -0.0216. The van der Waals surface area contributed by atoms with Gasteiger partial charge in [-0.05, 0) is 28.6 Å². The van der Waals surface area contributed by atoms with Crippen LogP contribution in [0, 0.1) is 0 Å². The second kappa shape index (κ2) is 6.01. The molecule has 0 fully saturated rings. The molecule has 124 valence electrons. The summed E-state index contributed by atoms with van der Waals surface area (Å²) in [5.41, 5.74) is 2.25. The lowest BCUT2D eigenvalue weighted by Crippen LogP contribution is -2.43. The van der Waals surface area contributed by atoms with Crippen molar-refractivity contribution in [3.63, 3.8) is 0 Å². The predicted octanol–water partition coefficient (Wildman–Crippen LogP) is 4.98. The van der Waals surface area contributed by atoms with Crippen LogP contribution in [0.25, 0.3) is 0 Å². The third-order valence-corrected chi connectivity index (χ3v) is 6.07. The number of hydrogen-bond acceptors (Lipinski definition) is 2. The number of carbonyl (C=O) groups is 1. The topological polar surface area (TPSA) is 20.3 Å². The summed E-state index contributed by atoms with van der Waals surface area (Å²) in [6.07, 6.45) is 1.92. The molecule has 1 aliphatic rings. The Hall–Kier alpha value is -2.65. The standard InChI is InChI=1S/C22H19NOS/c1-3-17(20-14-9-15-25-20)22(16-10-5-4-6-11-16)18-12-7-8-13-19(18)23(2)21(22)24/h3-15,17H,1H2,2H3. The maximum absolute atomic E-state index is 13.7. The number of anilines is 1. The molecule has 0 N–H and O–H groups in total. The molecule has 0 aliphatic carbocycles. The molecule has 2 aromatic carbocycles. The van der Waals surface area contributed by atoms with Gasteiger partial charge >= 0.3 is 0 Å². The molecule has 0 saturated carbocycles. The van der Waals surface area contributed by atoms with Gasteiger partial charge in [0.15, 0.2) is 0 Å². The van der Waals surface area contributed by atoms with E-state index in [0.717, 1.165) is 21.7 Å². The fourth-order valence-corrected chi connectivity index (χ4v) is 4.91. The Morgan fingerprint density at radius 2 is 1.76 bits per heavy atom. The normalized spacial score (nSPS) is 20.4. The zero-order chi connectivity index (χ0) is 17.4. The van der Waals surface area contributed by atoms with E-state index < -0.39 is 5.41 Å². The number of amides is 1. The van der Waals surface area contributed by atoms with Crippen molar-refractivity contribution in [3.05, 3.63) is 101 Å². The van der Waals surface area contributed by atoms with Crippen LogP contribution in [0.1, 0.15) is 21.9 Å². The summed E-state index contributed by atoms with van der Waals surface area (Å²) in [6.45, 7) is 4.10. The molecule has 3 heteroatoms. The van der Waals surface area contributed by atoms with Crippen molar-refractivity contribution in [3.8, 4) is 0 Å². The van der Waals surface area contributed by atoms with Crippen molar-refractivity contribution in [2.45, 2.75) is 11.3 Å². The highest BCUT2D eigenvalue weighted by molar-refractivity contribution is 7.10. The number of carbonyl (C=O) groups excluding carboxylic acids is 1. The monoisotopic (exact) mass is 345 g/mol. The number of rotatable bonds is 4. The van der Waals surface area contributed by atoms with Gasteiger partial charge in [0.1, 0.15) is 5.41 Å². The molecule has 2 unspecified atom stereocenters. The van der Waals surface area contributed by atoms with Gasteiger partial charge in [0.05, 0.1) is 0 Å². The molecule has 3 aromatic rings. The molecule has 0 radical (unpaired) electrons. The van der Waals surface area contributed by atoms with Crippen LogP contribution in [-0.2, 0) is 10.2 Å². The van der Waals surface area contributed by atoms with E-state index in [0.29, 0.717) is 0 Å². The highest BCUT2D eigenvalue weighted by Crippen LogP contribution is 2.54. The Kier molecular flexibility index (Phi) is 3.81. The molecular weight excluding hydrogens is 326 g/mol. The van der Waals surface area contributed by atoms with Gasteiger partial charge in [-0.2, -0.15) is 0 Å². The average molecular weight is 345 g/mol. The summed E-state index contributed by atoms with van der Waals surface area (Å²) < 4.78 is 0. The number of benzene rings is 2. The van der Waals surface area contributed by atoms with Crippen molar-refractivity contribution in [2.75, 3.05) is 11.9 Å². The van der Waals surface area contributed by atoms with Gasteiger partial charge in [0.25, 0.3) is 0 Å². The van der Waals surface area contributed by atoms with E-state index in [9.17, 15) is 4.79 Å². The SMILES string of the molecule is C=CC(c1cccs1)C1(c2ccccc2)C(=O)N(C)c2ccccc21. The van der Waals surface area contributed by atoms with Crippen molar-refractivity contribution < 1.29 is 4.79 Å². The van der Waals surface area contributed by atoms with Crippen molar-refractivity contribution >= 4 is 22.9 Å². The van der Waals surface area contributed by atoms with Crippen molar-refractivity contribution in [2.24, 2.45) is 0 Å². The second-order valence-electron chi connectivity index (χ2n) is 6.28. The molecule has 2 atom stereocenters. The number of nitrogens with zero attached hydrogens (tertiary/aromatic N) is 1. The lowest BCUT2D eigenvalue weighted by molar-refractivity contribution is -0.121. The molecule has 4 rings (SSSR count). The van der Waals surface area contributed by atoms with E-state index in [-0.39, 0.29) is 11.8 Å². The van der Waals surface area contributed by atoms with Crippen LogP contribution in [0.4, 0.5) is 5.69 Å². The summed E-state index contributed by atoms with van der Waals surface area (Å²) in [5, 5.41) is 2.06. The molecule has 0 spiro atoms. The molecule has 1 aliphatic heterocycles. The van der Waals surface area contributed by atoms with E-state index in [2.05, 4.69) is 36.2 Å². The third kappa shape index (κ3) is 2.12. The zero-order valence-corrected chi connectivity index (χ0v) is 14.9. The van der Waals surface area contributed by atoms with Gasteiger partial charge < -0.3 is 4.90 Å². The van der Waals surface area contributed by atoms with E-state index in [4.69, 9.17) is 0 Å². The average Bonchev–Trinajstić information content (AvgIpc) is 3.26. The van der Waals surface area contributed by atoms with Crippen LogP contribution >= 0.6 is 11.3 Å². The van der Waals surface area contributed by atoms with Gasteiger partial charge in [-0.25, -0.2) is 0 Å². The number of hydrogen-bond donors (Lipinski definition) is 0. The van der Waals surface area contributed by atoms with Gasteiger partial charge in [0, 0.05) is 23.5 Å². The molecule has 0 saturated heterocycles. The molecule has 0 bridgehead atoms. The van der Waals surface area contributed by atoms with Crippen LogP contribution < -0.4 is 4.90 Å².